The molecule has 3 rings (SSSR count). The topological polar surface area (TPSA) is 86.9 Å². The molecule has 0 radical (unpaired) electrons. The summed E-state index contributed by atoms with van der Waals surface area (Å²) in [6, 6.07) is 16.5. The first-order valence-electron chi connectivity index (χ1n) is 7.25. The maximum Gasteiger partial charge on any atom is 0.301 e. The molecule has 6 heteroatoms. The van der Waals surface area contributed by atoms with E-state index in [1.807, 2.05) is 37.3 Å². The van der Waals surface area contributed by atoms with Crippen molar-refractivity contribution in [1.82, 2.24) is 20.8 Å². The van der Waals surface area contributed by atoms with Gasteiger partial charge in [-0.1, -0.05) is 42.5 Å². The summed E-state index contributed by atoms with van der Waals surface area (Å²) in [5.41, 5.74) is 6.65. The van der Waals surface area contributed by atoms with Crippen LogP contribution in [0.3, 0.4) is 0 Å². The van der Waals surface area contributed by atoms with Crippen LogP contribution in [0.15, 0.2) is 59.4 Å². The Labute approximate surface area is 132 Å². The molecule has 2 aromatic carbocycles. The summed E-state index contributed by atoms with van der Waals surface area (Å²) in [6.07, 6.45) is 0. The summed E-state index contributed by atoms with van der Waals surface area (Å²) in [6.45, 7) is 1.92. The van der Waals surface area contributed by atoms with Crippen molar-refractivity contribution < 1.29 is 4.79 Å². The first-order chi connectivity index (χ1) is 11.1. The third-order valence-corrected chi connectivity index (χ3v) is 3.53. The molecule has 0 aliphatic rings. The highest BCUT2D eigenvalue weighted by molar-refractivity contribution is 5.92. The smallest absolute Gasteiger partial charge is 0.301 e. The monoisotopic (exact) mass is 308 g/mol. The number of nitrogens with one attached hydrogen (secondary N) is 3. The highest BCUT2D eigenvalue weighted by Crippen LogP contribution is 2.10. The molecule has 0 saturated heterocycles. The molecule has 1 heterocycles. The van der Waals surface area contributed by atoms with Gasteiger partial charge in [0.25, 0.3) is 5.56 Å². The number of aromatic amines is 1. The second kappa shape index (κ2) is 6.41. The minimum absolute atomic E-state index is 0.0264. The average Bonchev–Trinajstić information content (AvgIpc) is 2.60. The van der Waals surface area contributed by atoms with Crippen LogP contribution in [0.4, 0.5) is 0 Å². The fraction of sp³-hybridized carbons (Fsp3) is 0.118. The summed E-state index contributed by atoms with van der Waals surface area (Å²) >= 11 is 0. The second-order valence-corrected chi connectivity index (χ2v) is 5.16. The Kier molecular flexibility index (Phi) is 4.16. The van der Waals surface area contributed by atoms with Crippen LogP contribution in [-0.4, -0.2) is 15.9 Å². The second-order valence-electron chi connectivity index (χ2n) is 5.16. The SMILES string of the molecule is C[C@H](NNC(=O)c1nc2ccccc2c(=O)[nH]1)c1ccccc1. The lowest BCUT2D eigenvalue weighted by Crippen LogP contribution is -2.40. The van der Waals surface area contributed by atoms with Gasteiger partial charge in [0.1, 0.15) is 0 Å². The standard InChI is InChI=1S/C17H16N4O2/c1-11(12-7-3-2-4-8-12)20-21-17(23)15-18-14-10-6-5-9-13(14)16(22)19-15/h2-11,20H,1H3,(H,21,23)(H,18,19,22)/t11-/m0/s1. The van der Waals surface area contributed by atoms with Crippen LogP contribution in [0, 0.1) is 0 Å². The molecule has 1 amide bonds. The van der Waals surface area contributed by atoms with E-state index in [1.54, 1.807) is 24.3 Å². The number of amides is 1. The lowest BCUT2D eigenvalue weighted by Gasteiger charge is -2.14. The van der Waals surface area contributed by atoms with E-state index < -0.39 is 5.91 Å². The fourth-order valence-electron chi connectivity index (χ4n) is 2.25. The number of carbonyl (C=O) groups excluding carboxylic acids is 1. The molecule has 0 fully saturated rings. The molecule has 0 spiro atoms. The van der Waals surface area contributed by atoms with E-state index >= 15 is 0 Å². The molecule has 0 aliphatic carbocycles. The quantitative estimate of drug-likeness (QED) is 0.643. The summed E-state index contributed by atoms with van der Waals surface area (Å²) in [5, 5.41) is 0.453. The number of hydrazine groups is 1. The van der Waals surface area contributed by atoms with Gasteiger partial charge in [0.15, 0.2) is 0 Å². The summed E-state index contributed by atoms with van der Waals surface area (Å²) in [4.78, 5) is 30.8. The van der Waals surface area contributed by atoms with Crippen LogP contribution in [0.5, 0.6) is 0 Å². The van der Waals surface area contributed by atoms with Crippen LogP contribution in [-0.2, 0) is 0 Å². The third-order valence-electron chi connectivity index (χ3n) is 3.53. The summed E-state index contributed by atoms with van der Waals surface area (Å²) < 4.78 is 0. The van der Waals surface area contributed by atoms with Gasteiger partial charge in [0.2, 0.25) is 5.82 Å². The maximum absolute atomic E-state index is 12.2. The number of benzene rings is 2. The van der Waals surface area contributed by atoms with Gasteiger partial charge in [-0.2, -0.15) is 0 Å². The minimum Gasteiger partial charge on any atom is -0.302 e. The van der Waals surface area contributed by atoms with Crippen molar-refractivity contribution in [1.29, 1.82) is 0 Å². The largest absolute Gasteiger partial charge is 0.302 e. The van der Waals surface area contributed by atoms with Gasteiger partial charge in [-0.3, -0.25) is 15.0 Å². The molecular weight excluding hydrogens is 292 g/mol. The molecule has 0 aliphatic heterocycles. The van der Waals surface area contributed by atoms with Crippen molar-refractivity contribution >= 4 is 16.8 Å². The van der Waals surface area contributed by atoms with E-state index in [4.69, 9.17) is 0 Å². The van der Waals surface area contributed by atoms with Crippen LogP contribution < -0.4 is 16.4 Å². The predicted molar refractivity (Wildman–Crippen MR) is 87.8 cm³/mol. The molecule has 3 aromatic rings. The Hall–Kier alpha value is -2.99. The van der Waals surface area contributed by atoms with Crippen molar-refractivity contribution in [3.05, 3.63) is 76.3 Å². The lowest BCUT2D eigenvalue weighted by molar-refractivity contribution is 0.0916. The number of aromatic nitrogens is 2. The van der Waals surface area contributed by atoms with Gasteiger partial charge in [-0.15, -0.1) is 0 Å². The van der Waals surface area contributed by atoms with E-state index in [-0.39, 0.29) is 17.4 Å². The number of fused-ring (bicyclic) bond motifs is 1. The predicted octanol–water partition coefficient (Wildman–Crippen LogP) is 1.92. The first-order valence-corrected chi connectivity index (χ1v) is 7.25. The normalized spacial score (nSPS) is 12.0. The van der Waals surface area contributed by atoms with E-state index in [2.05, 4.69) is 20.8 Å². The molecule has 0 saturated carbocycles. The van der Waals surface area contributed by atoms with Crippen molar-refractivity contribution in [3.63, 3.8) is 0 Å². The van der Waals surface area contributed by atoms with E-state index in [0.717, 1.165) is 5.56 Å². The molecule has 3 N–H and O–H groups in total. The summed E-state index contributed by atoms with van der Waals surface area (Å²) in [5.74, 6) is -0.517. The highest BCUT2D eigenvalue weighted by Gasteiger charge is 2.12. The zero-order chi connectivity index (χ0) is 16.2. The molecule has 6 nitrogen and oxygen atoms in total. The Morgan fingerprint density at radius 2 is 1.78 bits per heavy atom. The number of carbonyl (C=O) groups is 1. The Morgan fingerprint density at radius 3 is 2.57 bits per heavy atom. The number of para-hydroxylation sites is 1. The van der Waals surface area contributed by atoms with Gasteiger partial charge in [0.05, 0.1) is 10.9 Å². The molecule has 116 valence electrons. The van der Waals surface area contributed by atoms with Gasteiger partial charge < -0.3 is 4.98 Å². The van der Waals surface area contributed by atoms with Crippen LogP contribution in [0.1, 0.15) is 29.1 Å². The fourth-order valence-corrected chi connectivity index (χ4v) is 2.25. The summed E-state index contributed by atoms with van der Waals surface area (Å²) in [7, 11) is 0. The van der Waals surface area contributed by atoms with Crippen molar-refractivity contribution in [2.75, 3.05) is 0 Å². The average molecular weight is 308 g/mol. The molecular formula is C17H16N4O2. The zero-order valence-corrected chi connectivity index (χ0v) is 12.5. The van der Waals surface area contributed by atoms with Gasteiger partial charge in [-0.05, 0) is 24.6 Å². The van der Waals surface area contributed by atoms with E-state index in [0.29, 0.717) is 10.9 Å². The molecule has 0 bridgehead atoms. The highest BCUT2D eigenvalue weighted by atomic mass is 16.2. The maximum atomic E-state index is 12.2. The van der Waals surface area contributed by atoms with Crippen molar-refractivity contribution in [3.8, 4) is 0 Å². The van der Waals surface area contributed by atoms with Gasteiger partial charge >= 0.3 is 5.91 Å². The zero-order valence-electron chi connectivity index (χ0n) is 12.5. The third kappa shape index (κ3) is 3.27. The molecule has 1 atom stereocenters. The number of hydrogen-bond acceptors (Lipinski definition) is 4. The minimum atomic E-state index is -0.490. The van der Waals surface area contributed by atoms with Crippen LogP contribution in [0.25, 0.3) is 10.9 Å². The Bertz CT molecular complexity index is 890. The Morgan fingerprint density at radius 1 is 1.09 bits per heavy atom. The molecule has 23 heavy (non-hydrogen) atoms. The molecule has 1 aromatic heterocycles. The first kappa shape index (κ1) is 14.9. The number of H-pyrrole nitrogens is 1. The number of nitrogens with zero attached hydrogens (tertiary/aromatic N) is 1. The lowest BCUT2D eigenvalue weighted by atomic mass is 10.1. The molecule has 0 unspecified atom stereocenters. The van der Waals surface area contributed by atoms with Crippen LogP contribution >= 0.6 is 0 Å². The van der Waals surface area contributed by atoms with Crippen molar-refractivity contribution in [2.24, 2.45) is 0 Å². The van der Waals surface area contributed by atoms with Gasteiger partial charge in [-0.25, -0.2) is 10.4 Å². The van der Waals surface area contributed by atoms with Gasteiger partial charge in [0, 0.05) is 6.04 Å². The van der Waals surface area contributed by atoms with Crippen molar-refractivity contribution in [2.45, 2.75) is 13.0 Å². The number of hydrogen-bond donors (Lipinski definition) is 3. The number of rotatable bonds is 4. The Balaban J connectivity index is 1.75. The van der Waals surface area contributed by atoms with E-state index in [1.165, 1.54) is 0 Å². The van der Waals surface area contributed by atoms with E-state index in [9.17, 15) is 9.59 Å². The van der Waals surface area contributed by atoms with Crippen LogP contribution in [0.2, 0.25) is 0 Å².